The summed E-state index contributed by atoms with van der Waals surface area (Å²) in [4.78, 5) is 24.7. The summed E-state index contributed by atoms with van der Waals surface area (Å²) in [5.41, 5.74) is 1.24. The lowest BCUT2D eigenvalue weighted by atomic mass is 10.3. The SMILES string of the molecule is CCOc1ccccc1NC(=O)CSC(C)C(=O)Nc1ccccc1OCC. The number of carbonyl (C=O) groups excluding carboxylic acids is 2. The summed E-state index contributed by atoms with van der Waals surface area (Å²) < 4.78 is 11.0. The zero-order chi connectivity index (χ0) is 20.4. The molecule has 0 aliphatic carbocycles. The number of hydrogen-bond donors (Lipinski definition) is 2. The molecule has 0 bridgehead atoms. The monoisotopic (exact) mass is 402 g/mol. The highest BCUT2D eigenvalue weighted by atomic mass is 32.2. The third-order valence-electron chi connectivity index (χ3n) is 3.74. The van der Waals surface area contributed by atoms with Crippen molar-refractivity contribution in [3.05, 3.63) is 48.5 Å². The highest BCUT2D eigenvalue weighted by Crippen LogP contribution is 2.26. The van der Waals surface area contributed by atoms with E-state index in [4.69, 9.17) is 9.47 Å². The Kier molecular flexibility index (Phi) is 8.68. The molecule has 0 spiro atoms. The Balaban J connectivity index is 1.87. The van der Waals surface area contributed by atoms with Crippen LogP contribution in [0.4, 0.5) is 11.4 Å². The van der Waals surface area contributed by atoms with Gasteiger partial charge in [-0.05, 0) is 45.0 Å². The molecule has 0 heterocycles. The first-order chi connectivity index (χ1) is 13.5. The van der Waals surface area contributed by atoms with Gasteiger partial charge in [-0.15, -0.1) is 11.8 Å². The van der Waals surface area contributed by atoms with Gasteiger partial charge >= 0.3 is 0 Å². The van der Waals surface area contributed by atoms with E-state index in [1.165, 1.54) is 11.8 Å². The van der Waals surface area contributed by atoms with Crippen molar-refractivity contribution in [1.82, 2.24) is 0 Å². The van der Waals surface area contributed by atoms with E-state index in [1.807, 2.05) is 38.1 Å². The Morgan fingerprint density at radius 3 is 1.93 bits per heavy atom. The molecule has 0 aliphatic heterocycles. The number of ether oxygens (including phenoxy) is 2. The third-order valence-corrected chi connectivity index (χ3v) is 4.88. The molecule has 2 N–H and O–H groups in total. The highest BCUT2D eigenvalue weighted by Gasteiger charge is 2.17. The van der Waals surface area contributed by atoms with Crippen LogP contribution < -0.4 is 20.1 Å². The number of para-hydroxylation sites is 4. The number of nitrogens with one attached hydrogen (secondary N) is 2. The van der Waals surface area contributed by atoms with Crippen molar-refractivity contribution in [3.63, 3.8) is 0 Å². The van der Waals surface area contributed by atoms with E-state index < -0.39 is 5.25 Å². The van der Waals surface area contributed by atoms with Crippen LogP contribution in [0.5, 0.6) is 11.5 Å². The van der Waals surface area contributed by atoms with E-state index >= 15 is 0 Å². The van der Waals surface area contributed by atoms with Crippen molar-refractivity contribution in [2.75, 3.05) is 29.6 Å². The number of amides is 2. The number of benzene rings is 2. The largest absolute Gasteiger partial charge is 0.492 e. The van der Waals surface area contributed by atoms with E-state index in [0.29, 0.717) is 36.1 Å². The molecule has 0 aromatic heterocycles. The average molecular weight is 403 g/mol. The van der Waals surface area contributed by atoms with Gasteiger partial charge in [0.1, 0.15) is 11.5 Å². The first-order valence-electron chi connectivity index (χ1n) is 9.21. The first kappa shape index (κ1) is 21.6. The molecule has 0 fully saturated rings. The van der Waals surface area contributed by atoms with E-state index in [-0.39, 0.29) is 17.6 Å². The Hall–Kier alpha value is -2.67. The molecule has 2 aromatic rings. The lowest BCUT2D eigenvalue weighted by Gasteiger charge is -2.15. The molecule has 0 aliphatic rings. The lowest BCUT2D eigenvalue weighted by Crippen LogP contribution is -2.25. The van der Waals surface area contributed by atoms with E-state index in [1.54, 1.807) is 31.2 Å². The summed E-state index contributed by atoms with van der Waals surface area (Å²) in [6.45, 7) is 6.57. The fourth-order valence-electron chi connectivity index (χ4n) is 2.40. The summed E-state index contributed by atoms with van der Waals surface area (Å²) in [7, 11) is 0. The van der Waals surface area contributed by atoms with Gasteiger partial charge < -0.3 is 20.1 Å². The normalized spacial score (nSPS) is 11.4. The minimum Gasteiger partial charge on any atom is -0.492 e. The number of anilines is 2. The van der Waals surface area contributed by atoms with Crippen molar-refractivity contribution in [2.24, 2.45) is 0 Å². The van der Waals surface area contributed by atoms with E-state index in [9.17, 15) is 9.59 Å². The molecule has 0 saturated carbocycles. The van der Waals surface area contributed by atoms with Crippen molar-refractivity contribution >= 4 is 35.0 Å². The van der Waals surface area contributed by atoms with Crippen LogP contribution in [0.1, 0.15) is 20.8 Å². The number of hydrogen-bond acceptors (Lipinski definition) is 5. The maximum absolute atomic E-state index is 12.4. The van der Waals surface area contributed by atoms with Crippen LogP contribution in [0.3, 0.4) is 0 Å². The van der Waals surface area contributed by atoms with Gasteiger partial charge in [0.15, 0.2) is 0 Å². The Labute approximate surface area is 170 Å². The van der Waals surface area contributed by atoms with Crippen LogP contribution in [-0.4, -0.2) is 36.0 Å². The summed E-state index contributed by atoms with van der Waals surface area (Å²) in [5.74, 6) is 1.04. The number of rotatable bonds is 10. The molecule has 2 rings (SSSR count). The zero-order valence-corrected chi connectivity index (χ0v) is 17.2. The van der Waals surface area contributed by atoms with Crippen molar-refractivity contribution in [3.8, 4) is 11.5 Å². The fourth-order valence-corrected chi connectivity index (χ4v) is 3.08. The predicted molar refractivity (Wildman–Crippen MR) is 114 cm³/mol. The maximum Gasteiger partial charge on any atom is 0.237 e. The van der Waals surface area contributed by atoms with Crippen LogP contribution in [0.2, 0.25) is 0 Å². The Bertz CT molecular complexity index is 797. The minimum atomic E-state index is -0.400. The number of carbonyl (C=O) groups is 2. The summed E-state index contributed by atoms with van der Waals surface area (Å²) >= 11 is 1.26. The minimum absolute atomic E-state index is 0.155. The molecule has 1 unspecified atom stereocenters. The van der Waals surface area contributed by atoms with Gasteiger partial charge in [-0.2, -0.15) is 0 Å². The second-order valence-corrected chi connectivity index (χ2v) is 7.18. The van der Waals surface area contributed by atoms with Crippen LogP contribution in [0.25, 0.3) is 0 Å². The molecular weight excluding hydrogens is 376 g/mol. The van der Waals surface area contributed by atoms with Gasteiger partial charge in [0.25, 0.3) is 0 Å². The summed E-state index contributed by atoms with van der Waals surface area (Å²) in [5, 5.41) is 5.29. The van der Waals surface area contributed by atoms with E-state index in [0.717, 1.165) is 0 Å². The van der Waals surface area contributed by atoms with Crippen LogP contribution in [0.15, 0.2) is 48.5 Å². The topological polar surface area (TPSA) is 76.7 Å². The third kappa shape index (κ3) is 6.49. The molecular formula is C21H26N2O4S. The molecule has 28 heavy (non-hydrogen) atoms. The fraction of sp³-hybridized carbons (Fsp3) is 0.333. The Morgan fingerprint density at radius 1 is 0.893 bits per heavy atom. The van der Waals surface area contributed by atoms with Gasteiger partial charge in [-0.3, -0.25) is 9.59 Å². The van der Waals surface area contributed by atoms with Crippen LogP contribution in [-0.2, 0) is 9.59 Å². The number of thioether (sulfide) groups is 1. The quantitative estimate of drug-likeness (QED) is 0.623. The maximum atomic E-state index is 12.4. The average Bonchev–Trinajstić information content (AvgIpc) is 2.69. The molecule has 2 aromatic carbocycles. The van der Waals surface area contributed by atoms with Gasteiger partial charge in [0.2, 0.25) is 11.8 Å². The van der Waals surface area contributed by atoms with Crippen molar-refractivity contribution < 1.29 is 19.1 Å². The molecule has 6 nitrogen and oxygen atoms in total. The van der Waals surface area contributed by atoms with E-state index in [2.05, 4.69) is 10.6 Å². The molecule has 1 atom stereocenters. The standard InChI is InChI=1S/C21H26N2O4S/c1-4-26-18-12-8-6-10-16(18)22-20(24)14-28-15(3)21(25)23-17-11-7-9-13-19(17)27-5-2/h6-13,15H,4-5,14H2,1-3H3,(H,22,24)(H,23,25). The van der Waals surface area contributed by atoms with Crippen LogP contribution in [0, 0.1) is 0 Å². The molecule has 2 amide bonds. The van der Waals surface area contributed by atoms with Gasteiger partial charge in [-0.25, -0.2) is 0 Å². The molecule has 0 radical (unpaired) electrons. The zero-order valence-electron chi connectivity index (χ0n) is 16.4. The Morgan fingerprint density at radius 2 is 1.39 bits per heavy atom. The van der Waals surface area contributed by atoms with Crippen molar-refractivity contribution in [1.29, 1.82) is 0 Å². The van der Waals surface area contributed by atoms with Crippen LogP contribution >= 0.6 is 11.8 Å². The molecule has 7 heteroatoms. The van der Waals surface area contributed by atoms with Gasteiger partial charge in [0.05, 0.1) is 35.6 Å². The second-order valence-electron chi connectivity index (χ2n) is 5.85. The predicted octanol–water partition coefficient (Wildman–Crippen LogP) is 4.18. The second kappa shape index (κ2) is 11.2. The van der Waals surface area contributed by atoms with Crippen molar-refractivity contribution in [2.45, 2.75) is 26.0 Å². The lowest BCUT2D eigenvalue weighted by molar-refractivity contribution is -0.115. The summed E-state index contributed by atoms with van der Waals surface area (Å²) in [6, 6.07) is 14.5. The highest BCUT2D eigenvalue weighted by molar-refractivity contribution is 8.01. The summed E-state index contributed by atoms with van der Waals surface area (Å²) in [6.07, 6.45) is 0. The van der Waals surface area contributed by atoms with Gasteiger partial charge in [0, 0.05) is 0 Å². The molecule has 150 valence electrons. The smallest absolute Gasteiger partial charge is 0.237 e. The molecule has 0 saturated heterocycles. The van der Waals surface area contributed by atoms with Gasteiger partial charge in [-0.1, -0.05) is 24.3 Å². The first-order valence-corrected chi connectivity index (χ1v) is 10.3.